The van der Waals surface area contributed by atoms with Crippen LogP contribution < -0.4 is 9.47 Å². The van der Waals surface area contributed by atoms with E-state index in [4.69, 9.17) is 14.2 Å². The van der Waals surface area contributed by atoms with E-state index in [1.165, 1.54) is 0 Å². The first-order chi connectivity index (χ1) is 21.3. The van der Waals surface area contributed by atoms with E-state index in [0.29, 0.717) is 46.1 Å². The molecule has 0 atom stereocenters. The SMILES string of the molecule is C=CCc1cc(/C=C2\SC(=NC(=O)c3ccccc3C)C(C(=O)OCC)=C2O)cc(OCC)c1OCc1ccccc1C#N. The Kier molecular flexibility index (Phi) is 10.8. The topological polar surface area (TPSA) is 118 Å². The highest BCUT2D eigenvalue weighted by atomic mass is 32.2. The number of aliphatic hydroxyl groups is 1. The molecule has 3 aromatic rings. The van der Waals surface area contributed by atoms with E-state index in [1.807, 2.05) is 31.2 Å². The van der Waals surface area contributed by atoms with Crippen molar-refractivity contribution in [3.63, 3.8) is 0 Å². The van der Waals surface area contributed by atoms with Gasteiger partial charge in [0.2, 0.25) is 0 Å². The average molecular weight is 609 g/mol. The number of benzene rings is 3. The molecule has 0 fully saturated rings. The fourth-order valence-electron chi connectivity index (χ4n) is 4.51. The van der Waals surface area contributed by atoms with Crippen LogP contribution in [0.3, 0.4) is 0 Å². The molecule has 0 aromatic heterocycles. The number of aryl methyl sites for hydroxylation is 1. The van der Waals surface area contributed by atoms with Gasteiger partial charge < -0.3 is 19.3 Å². The predicted molar refractivity (Wildman–Crippen MR) is 172 cm³/mol. The molecule has 1 N–H and O–H groups in total. The van der Waals surface area contributed by atoms with E-state index in [9.17, 15) is 20.0 Å². The Labute approximate surface area is 261 Å². The Morgan fingerprint density at radius 1 is 1.05 bits per heavy atom. The van der Waals surface area contributed by atoms with Crippen molar-refractivity contribution in [3.8, 4) is 17.6 Å². The van der Waals surface area contributed by atoms with Crippen LogP contribution in [0.5, 0.6) is 11.5 Å². The Balaban J connectivity index is 1.75. The first-order valence-corrected chi connectivity index (χ1v) is 14.8. The zero-order valence-corrected chi connectivity index (χ0v) is 25.6. The number of esters is 1. The summed E-state index contributed by atoms with van der Waals surface area (Å²) in [7, 11) is 0. The van der Waals surface area contributed by atoms with Crippen molar-refractivity contribution < 1.29 is 28.9 Å². The molecule has 0 bridgehead atoms. The Hall–Kier alpha value is -5.07. The summed E-state index contributed by atoms with van der Waals surface area (Å²) in [5.74, 6) is -0.664. The van der Waals surface area contributed by atoms with Crippen LogP contribution in [0.4, 0.5) is 0 Å². The Morgan fingerprint density at radius 2 is 1.80 bits per heavy atom. The molecule has 9 heteroatoms. The number of rotatable bonds is 11. The monoisotopic (exact) mass is 608 g/mol. The first-order valence-electron chi connectivity index (χ1n) is 14.0. The molecule has 0 unspecified atom stereocenters. The molecule has 8 nitrogen and oxygen atoms in total. The predicted octanol–water partition coefficient (Wildman–Crippen LogP) is 7.27. The fourth-order valence-corrected chi connectivity index (χ4v) is 5.53. The summed E-state index contributed by atoms with van der Waals surface area (Å²) < 4.78 is 17.3. The summed E-state index contributed by atoms with van der Waals surface area (Å²) in [5.41, 5.74) is 3.65. The van der Waals surface area contributed by atoms with Crippen LogP contribution in [-0.2, 0) is 22.6 Å². The van der Waals surface area contributed by atoms with Crippen LogP contribution in [-0.4, -0.2) is 35.2 Å². The van der Waals surface area contributed by atoms with Crippen LogP contribution in [0.2, 0.25) is 0 Å². The minimum absolute atomic E-state index is 0.0490. The third kappa shape index (κ3) is 7.28. The number of thioether (sulfide) groups is 1. The van der Waals surface area contributed by atoms with Crippen LogP contribution in [0.25, 0.3) is 6.08 Å². The molecular weight excluding hydrogens is 576 g/mol. The zero-order chi connectivity index (χ0) is 31.6. The number of amides is 1. The summed E-state index contributed by atoms with van der Waals surface area (Å²) in [5, 5.41) is 20.7. The van der Waals surface area contributed by atoms with Gasteiger partial charge >= 0.3 is 5.97 Å². The van der Waals surface area contributed by atoms with E-state index in [0.717, 1.165) is 28.5 Å². The highest BCUT2D eigenvalue weighted by molar-refractivity contribution is 8.18. The maximum absolute atomic E-state index is 13.1. The fraction of sp³-hybridized carbons (Fsp3) is 0.200. The minimum atomic E-state index is -0.777. The summed E-state index contributed by atoms with van der Waals surface area (Å²) in [6, 6.07) is 20.0. The molecule has 1 heterocycles. The minimum Gasteiger partial charge on any atom is -0.506 e. The number of hydrogen-bond acceptors (Lipinski definition) is 8. The Morgan fingerprint density at radius 3 is 2.50 bits per heavy atom. The molecule has 0 saturated carbocycles. The average Bonchev–Trinajstić information content (AvgIpc) is 3.31. The molecule has 4 rings (SSSR count). The van der Waals surface area contributed by atoms with E-state index in [-0.39, 0.29) is 29.6 Å². The molecule has 1 aliphatic heterocycles. The number of carbonyl (C=O) groups is 2. The second kappa shape index (κ2) is 14.9. The van der Waals surface area contributed by atoms with Gasteiger partial charge in [0, 0.05) is 16.7 Å². The summed E-state index contributed by atoms with van der Waals surface area (Å²) in [6.45, 7) is 9.79. The normalized spacial score (nSPS) is 14.4. The van der Waals surface area contributed by atoms with Crippen molar-refractivity contribution in [2.75, 3.05) is 13.2 Å². The maximum atomic E-state index is 13.1. The van der Waals surface area contributed by atoms with Crippen LogP contribution in [0, 0.1) is 18.3 Å². The lowest BCUT2D eigenvalue weighted by atomic mass is 10.0. The molecule has 0 aliphatic carbocycles. The van der Waals surface area contributed by atoms with Crippen molar-refractivity contribution in [2.45, 2.75) is 33.8 Å². The molecule has 0 radical (unpaired) electrons. The van der Waals surface area contributed by atoms with Gasteiger partial charge in [-0.15, -0.1) is 6.58 Å². The molecule has 1 aliphatic rings. The number of allylic oxidation sites excluding steroid dienone is 1. The maximum Gasteiger partial charge on any atom is 0.344 e. The third-order valence-electron chi connectivity index (χ3n) is 6.57. The quantitative estimate of drug-likeness (QED) is 0.178. The van der Waals surface area contributed by atoms with Gasteiger partial charge in [-0.1, -0.05) is 54.2 Å². The number of hydrogen-bond donors (Lipinski definition) is 1. The smallest absolute Gasteiger partial charge is 0.344 e. The van der Waals surface area contributed by atoms with E-state index in [2.05, 4.69) is 17.6 Å². The van der Waals surface area contributed by atoms with Crippen LogP contribution in [0.15, 0.2) is 94.5 Å². The van der Waals surface area contributed by atoms with Crippen molar-refractivity contribution in [1.29, 1.82) is 5.26 Å². The summed E-state index contributed by atoms with van der Waals surface area (Å²) >= 11 is 1.00. The molecule has 44 heavy (non-hydrogen) atoms. The lowest BCUT2D eigenvalue weighted by molar-refractivity contribution is -0.138. The lowest BCUT2D eigenvalue weighted by Crippen LogP contribution is -2.14. The van der Waals surface area contributed by atoms with Gasteiger partial charge in [0.25, 0.3) is 5.91 Å². The first kappa shape index (κ1) is 31.9. The number of nitrogens with zero attached hydrogens (tertiary/aromatic N) is 2. The van der Waals surface area contributed by atoms with Gasteiger partial charge in [-0.2, -0.15) is 5.26 Å². The van der Waals surface area contributed by atoms with Gasteiger partial charge in [-0.25, -0.2) is 9.79 Å². The number of nitriles is 1. The number of aliphatic hydroxyl groups excluding tert-OH is 1. The largest absolute Gasteiger partial charge is 0.506 e. The molecule has 1 amide bonds. The van der Waals surface area contributed by atoms with Gasteiger partial charge in [0.15, 0.2) is 11.5 Å². The molecule has 224 valence electrons. The number of carbonyl (C=O) groups excluding carboxylic acids is 2. The lowest BCUT2D eigenvalue weighted by Gasteiger charge is -2.17. The van der Waals surface area contributed by atoms with Crippen LogP contribution in [0.1, 0.15) is 52.0 Å². The van der Waals surface area contributed by atoms with Crippen molar-refractivity contribution in [1.82, 2.24) is 0 Å². The van der Waals surface area contributed by atoms with Crippen molar-refractivity contribution in [3.05, 3.63) is 123 Å². The summed E-state index contributed by atoms with van der Waals surface area (Å²) in [4.78, 5) is 30.4. The van der Waals surface area contributed by atoms with Crippen LogP contribution >= 0.6 is 11.8 Å². The molecular formula is C35H32N2O6S. The van der Waals surface area contributed by atoms with E-state index < -0.39 is 11.9 Å². The van der Waals surface area contributed by atoms with E-state index >= 15 is 0 Å². The Bertz CT molecular complexity index is 1730. The van der Waals surface area contributed by atoms with Gasteiger partial charge in [-0.05, 0) is 68.7 Å². The van der Waals surface area contributed by atoms with Gasteiger partial charge in [0.1, 0.15) is 23.0 Å². The highest BCUT2D eigenvalue weighted by Crippen LogP contribution is 2.41. The third-order valence-corrected chi connectivity index (χ3v) is 7.59. The number of ether oxygens (including phenoxy) is 3. The van der Waals surface area contributed by atoms with Gasteiger partial charge in [-0.3, -0.25) is 4.79 Å². The van der Waals surface area contributed by atoms with Gasteiger partial charge in [0.05, 0.1) is 29.8 Å². The standard InChI is InChI=1S/C35H32N2O6S/c1-5-12-24-17-23(18-28(41-6-2)32(24)43-21-26-15-10-9-14-25(26)20-36)19-29-31(38)30(35(40)42-7-3)34(44-29)37-33(39)27-16-11-8-13-22(27)4/h5,8-11,13-19,38H,1,6-7,12,21H2,2-4H3/b29-19-,37-34?. The molecule has 3 aromatic carbocycles. The van der Waals surface area contributed by atoms with E-state index in [1.54, 1.807) is 62.4 Å². The highest BCUT2D eigenvalue weighted by Gasteiger charge is 2.34. The van der Waals surface area contributed by atoms with Crippen molar-refractivity contribution >= 4 is 34.8 Å². The molecule has 0 saturated heterocycles. The number of aliphatic imine (C=N–C) groups is 1. The second-order valence-corrected chi connectivity index (χ2v) is 10.6. The summed E-state index contributed by atoms with van der Waals surface area (Å²) in [6.07, 6.45) is 3.87. The molecule has 0 spiro atoms. The second-order valence-electron chi connectivity index (χ2n) is 9.58. The van der Waals surface area contributed by atoms with Crippen molar-refractivity contribution in [2.24, 2.45) is 4.99 Å². The zero-order valence-electron chi connectivity index (χ0n) is 24.8.